The first-order valence-electron chi connectivity index (χ1n) is 6.97. The van der Waals surface area contributed by atoms with E-state index in [2.05, 4.69) is 23.5 Å². The molecule has 18 heavy (non-hydrogen) atoms. The van der Waals surface area contributed by atoms with Crippen LogP contribution in [0, 0.1) is 0 Å². The maximum absolute atomic E-state index is 5.84. The Balaban J connectivity index is 1.48. The summed E-state index contributed by atoms with van der Waals surface area (Å²) in [5.74, 6) is 1.02. The molecule has 0 spiro atoms. The molecular weight excluding hydrogens is 226 g/mol. The summed E-state index contributed by atoms with van der Waals surface area (Å²) < 4.78 is 11.3. The predicted molar refractivity (Wildman–Crippen MR) is 71.2 cm³/mol. The van der Waals surface area contributed by atoms with Crippen LogP contribution in [0.15, 0.2) is 18.2 Å². The van der Waals surface area contributed by atoms with Crippen LogP contribution in [-0.4, -0.2) is 32.4 Å². The molecule has 3 heteroatoms. The Morgan fingerprint density at radius 3 is 3.11 bits per heavy atom. The van der Waals surface area contributed by atoms with E-state index in [0.717, 1.165) is 38.5 Å². The van der Waals surface area contributed by atoms with Crippen molar-refractivity contribution in [2.24, 2.45) is 0 Å². The van der Waals surface area contributed by atoms with Crippen molar-refractivity contribution in [1.29, 1.82) is 0 Å². The highest BCUT2D eigenvalue weighted by Crippen LogP contribution is 2.26. The highest BCUT2D eigenvalue weighted by atomic mass is 16.5. The van der Waals surface area contributed by atoms with E-state index in [1.807, 2.05) is 0 Å². The molecule has 1 aliphatic heterocycles. The van der Waals surface area contributed by atoms with Crippen LogP contribution in [0.25, 0.3) is 0 Å². The van der Waals surface area contributed by atoms with E-state index in [1.54, 1.807) is 0 Å². The summed E-state index contributed by atoms with van der Waals surface area (Å²) in [4.78, 5) is 0. The summed E-state index contributed by atoms with van der Waals surface area (Å²) in [6.45, 7) is 3.37. The highest BCUT2D eigenvalue weighted by Gasteiger charge is 2.14. The number of rotatable bonds is 4. The van der Waals surface area contributed by atoms with Crippen molar-refractivity contribution in [2.45, 2.75) is 31.7 Å². The van der Waals surface area contributed by atoms with E-state index in [0.29, 0.717) is 6.04 Å². The zero-order valence-electron chi connectivity index (χ0n) is 10.8. The van der Waals surface area contributed by atoms with Gasteiger partial charge >= 0.3 is 0 Å². The molecule has 1 fully saturated rings. The maximum atomic E-state index is 5.84. The van der Waals surface area contributed by atoms with Crippen molar-refractivity contribution in [3.8, 4) is 5.75 Å². The zero-order chi connectivity index (χ0) is 12.2. The molecule has 0 amide bonds. The van der Waals surface area contributed by atoms with Gasteiger partial charge < -0.3 is 14.8 Å². The van der Waals surface area contributed by atoms with Gasteiger partial charge in [0.1, 0.15) is 5.75 Å². The monoisotopic (exact) mass is 247 g/mol. The molecule has 1 aromatic carbocycles. The second-order valence-electron chi connectivity index (χ2n) is 5.15. The number of fused-ring (bicyclic) bond motifs is 1. The molecule has 3 rings (SSSR count). The van der Waals surface area contributed by atoms with E-state index in [-0.39, 0.29) is 0 Å². The van der Waals surface area contributed by atoms with Gasteiger partial charge in [-0.15, -0.1) is 0 Å². The van der Waals surface area contributed by atoms with Crippen LogP contribution >= 0.6 is 0 Å². The molecule has 1 atom stereocenters. The van der Waals surface area contributed by atoms with Gasteiger partial charge in [0.05, 0.1) is 19.8 Å². The molecule has 1 unspecified atom stereocenters. The van der Waals surface area contributed by atoms with E-state index >= 15 is 0 Å². The molecule has 3 nitrogen and oxygen atoms in total. The Morgan fingerprint density at radius 1 is 1.28 bits per heavy atom. The van der Waals surface area contributed by atoms with Crippen LogP contribution in [0.1, 0.15) is 24.0 Å². The van der Waals surface area contributed by atoms with Gasteiger partial charge in [0.15, 0.2) is 0 Å². The van der Waals surface area contributed by atoms with Gasteiger partial charge in [0.25, 0.3) is 0 Å². The van der Waals surface area contributed by atoms with Crippen molar-refractivity contribution >= 4 is 0 Å². The maximum Gasteiger partial charge on any atom is 0.119 e. The predicted octanol–water partition coefficient (Wildman–Crippen LogP) is 1.93. The minimum absolute atomic E-state index is 0.452. The Hall–Kier alpha value is -1.06. The number of benzene rings is 1. The first-order valence-corrected chi connectivity index (χ1v) is 6.97. The van der Waals surface area contributed by atoms with Crippen molar-refractivity contribution in [1.82, 2.24) is 5.32 Å². The van der Waals surface area contributed by atoms with Crippen LogP contribution in [0.4, 0.5) is 0 Å². The third kappa shape index (κ3) is 2.85. The number of hydrogen-bond donors (Lipinski definition) is 1. The lowest BCUT2D eigenvalue weighted by molar-refractivity contribution is 0.0691. The molecular formula is C15H21NO2. The van der Waals surface area contributed by atoms with Crippen molar-refractivity contribution < 1.29 is 9.47 Å². The zero-order valence-corrected chi connectivity index (χ0v) is 10.8. The number of hydrogen-bond acceptors (Lipinski definition) is 3. The molecule has 0 bridgehead atoms. The van der Waals surface area contributed by atoms with Crippen molar-refractivity contribution in [3.05, 3.63) is 29.3 Å². The fourth-order valence-corrected chi connectivity index (χ4v) is 2.76. The van der Waals surface area contributed by atoms with Gasteiger partial charge in [-0.2, -0.15) is 0 Å². The first-order chi connectivity index (χ1) is 8.92. The summed E-state index contributed by atoms with van der Waals surface area (Å²) in [7, 11) is 0. The second-order valence-corrected chi connectivity index (χ2v) is 5.15. The number of aryl methyl sites for hydroxylation is 2. The molecule has 2 aliphatic rings. The van der Waals surface area contributed by atoms with Gasteiger partial charge in [-0.05, 0) is 48.9 Å². The lowest BCUT2D eigenvalue weighted by Gasteiger charge is -2.23. The molecule has 1 aromatic rings. The van der Waals surface area contributed by atoms with Gasteiger partial charge in [0.2, 0.25) is 0 Å². The van der Waals surface area contributed by atoms with Crippen LogP contribution in [0.3, 0.4) is 0 Å². The number of morpholine rings is 1. The minimum Gasteiger partial charge on any atom is -0.494 e. The molecule has 0 aromatic heterocycles. The van der Waals surface area contributed by atoms with Gasteiger partial charge in [-0.1, -0.05) is 6.07 Å². The fraction of sp³-hybridized carbons (Fsp3) is 0.600. The standard InChI is InChI=1S/C15H21NO2/c1-2-12-4-5-15(10-13(12)3-1)18-8-6-14-11-17-9-7-16-14/h4-5,10,14,16H,1-3,6-9,11H2. The average molecular weight is 247 g/mol. The van der Waals surface area contributed by atoms with Crippen molar-refractivity contribution in [3.63, 3.8) is 0 Å². The Morgan fingerprint density at radius 2 is 2.22 bits per heavy atom. The first kappa shape index (κ1) is 12.0. The summed E-state index contributed by atoms with van der Waals surface area (Å²) >= 11 is 0. The molecule has 0 radical (unpaired) electrons. The van der Waals surface area contributed by atoms with E-state index < -0.39 is 0 Å². The average Bonchev–Trinajstić information content (AvgIpc) is 2.87. The van der Waals surface area contributed by atoms with Crippen molar-refractivity contribution in [2.75, 3.05) is 26.4 Å². The molecule has 1 saturated heterocycles. The number of ether oxygens (including phenoxy) is 2. The fourth-order valence-electron chi connectivity index (χ4n) is 2.76. The Bertz CT molecular complexity index is 399. The van der Waals surface area contributed by atoms with Crippen LogP contribution in [0.5, 0.6) is 5.75 Å². The Labute approximate surface area is 108 Å². The van der Waals surface area contributed by atoms with E-state index in [1.165, 1.54) is 30.4 Å². The van der Waals surface area contributed by atoms with Crippen LogP contribution in [-0.2, 0) is 17.6 Å². The molecule has 98 valence electrons. The molecule has 1 aliphatic carbocycles. The highest BCUT2D eigenvalue weighted by molar-refractivity contribution is 5.38. The summed E-state index contributed by atoms with van der Waals surface area (Å²) in [6.07, 6.45) is 4.75. The van der Waals surface area contributed by atoms with E-state index in [4.69, 9.17) is 9.47 Å². The Kier molecular flexibility index (Phi) is 3.81. The molecule has 1 heterocycles. The quantitative estimate of drug-likeness (QED) is 0.882. The summed E-state index contributed by atoms with van der Waals surface area (Å²) in [5, 5.41) is 3.44. The summed E-state index contributed by atoms with van der Waals surface area (Å²) in [6, 6.07) is 7.00. The van der Waals surface area contributed by atoms with Gasteiger partial charge in [-0.3, -0.25) is 0 Å². The largest absolute Gasteiger partial charge is 0.494 e. The topological polar surface area (TPSA) is 30.5 Å². The SMILES string of the molecule is c1cc2c(cc1OCCC1COCCN1)CCC2. The third-order valence-corrected chi connectivity index (χ3v) is 3.80. The molecule has 0 saturated carbocycles. The van der Waals surface area contributed by atoms with E-state index in [9.17, 15) is 0 Å². The lowest BCUT2D eigenvalue weighted by Crippen LogP contribution is -2.41. The normalized spacial score (nSPS) is 22.8. The van der Waals surface area contributed by atoms with Gasteiger partial charge in [0, 0.05) is 12.6 Å². The number of nitrogens with one attached hydrogen (secondary N) is 1. The second kappa shape index (κ2) is 5.72. The van der Waals surface area contributed by atoms with Crippen LogP contribution in [0.2, 0.25) is 0 Å². The third-order valence-electron chi connectivity index (χ3n) is 3.80. The summed E-state index contributed by atoms with van der Waals surface area (Å²) in [5.41, 5.74) is 2.98. The smallest absolute Gasteiger partial charge is 0.119 e. The minimum atomic E-state index is 0.452. The van der Waals surface area contributed by atoms with Gasteiger partial charge in [-0.25, -0.2) is 0 Å². The van der Waals surface area contributed by atoms with Crippen LogP contribution < -0.4 is 10.1 Å². The molecule has 1 N–H and O–H groups in total. The lowest BCUT2D eigenvalue weighted by atomic mass is 10.1.